The van der Waals surface area contributed by atoms with Gasteiger partial charge in [-0.15, -0.1) is 0 Å². The number of rotatable bonds is 1. The lowest BCUT2D eigenvalue weighted by Gasteiger charge is -2.09. The Bertz CT molecular complexity index is 296. The maximum Gasteiger partial charge on any atom is 0.123 e. The van der Waals surface area contributed by atoms with Crippen molar-refractivity contribution in [3.8, 4) is 0 Å². The molecule has 1 aliphatic rings. The minimum atomic E-state index is -0.129. The number of halogens is 1. The molecule has 1 aromatic carbocycles. The van der Waals surface area contributed by atoms with Crippen molar-refractivity contribution in [2.24, 2.45) is 0 Å². The van der Waals surface area contributed by atoms with E-state index in [0.717, 1.165) is 18.4 Å². The Morgan fingerprint density at radius 1 is 1.50 bits per heavy atom. The summed E-state index contributed by atoms with van der Waals surface area (Å²) in [6.07, 6.45) is 2.16. The summed E-state index contributed by atoms with van der Waals surface area (Å²) in [5.41, 5.74) is 2.42. The Balaban J connectivity index is 2.42. The second-order valence-corrected chi connectivity index (χ2v) is 3.22. The number of benzene rings is 1. The zero-order chi connectivity index (χ0) is 8.55. The highest BCUT2D eigenvalue weighted by atomic mass is 19.1. The lowest BCUT2D eigenvalue weighted by atomic mass is 10.1. The number of aryl methyl sites for hydroxylation is 1. The van der Waals surface area contributed by atoms with Crippen LogP contribution in [0.15, 0.2) is 18.2 Å². The first-order valence-corrected chi connectivity index (χ1v) is 4.27. The molecule has 0 spiro atoms. The molecule has 0 radical (unpaired) electrons. The fourth-order valence-electron chi connectivity index (χ4n) is 1.87. The van der Waals surface area contributed by atoms with Crippen LogP contribution >= 0.6 is 0 Å². The molecule has 2 rings (SSSR count). The van der Waals surface area contributed by atoms with E-state index >= 15 is 0 Å². The van der Waals surface area contributed by atoms with Gasteiger partial charge in [0.2, 0.25) is 0 Å². The first-order chi connectivity index (χ1) is 5.81. The molecule has 1 aliphatic carbocycles. The van der Waals surface area contributed by atoms with Gasteiger partial charge in [-0.1, -0.05) is 6.07 Å². The molecule has 0 unspecified atom stereocenters. The molecule has 0 saturated carbocycles. The van der Waals surface area contributed by atoms with E-state index in [-0.39, 0.29) is 5.82 Å². The van der Waals surface area contributed by atoms with Crippen LogP contribution < -0.4 is 5.32 Å². The van der Waals surface area contributed by atoms with Gasteiger partial charge in [-0.2, -0.15) is 0 Å². The number of hydrogen-bond donors (Lipinski definition) is 1. The average Bonchev–Trinajstić information content (AvgIpc) is 2.46. The van der Waals surface area contributed by atoms with Gasteiger partial charge < -0.3 is 5.32 Å². The van der Waals surface area contributed by atoms with E-state index in [0.29, 0.717) is 6.04 Å². The van der Waals surface area contributed by atoms with Crippen LogP contribution in [0, 0.1) is 5.82 Å². The van der Waals surface area contributed by atoms with Gasteiger partial charge in [-0.3, -0.25) is 0 Å². The van der Waals surface area contributed by atoms with Crippen molar-refractivity contribution in [2.45, 2.75) is 18.9 Å². The van der Waals surface area contributed by atoms with Crippen LogP contribution in [0.1, 0.15) is 23.6 Å². The standard InChI is InChI=1S/C10H12FN/c1-12-10-5-3-7-2-4-8(11)6-9(7)10/h2,4,6,10,12H,3,5H2,1H3/t10-/m1/s1. The molecule has 0 aliphatic heterocycles. The van der Waals surface area contributed by atoms with Crippen molar-refractivity contribution in [1.29, 1.82) is 0 Å². The lowest BCUT2D eigenvalue weighted by molar-refractivity contribution is 0.581. The van der Waals surface area contributed by atoms with Crippen LogP contribution in [0.2, 0.25) is 0 Å². The van der Waals surface area contributed by atoms with E-state index in [1.54, 1.807) is 6.07 Å². The Hall–Kier alpha value is -0.890. The Labute approximate surface area is 71.6 Å². The molecular formula is C10H12FN. The fraction of sp³-hybridized carbons (Fsp3) is 0.400. The zero-order valence-electron chi connectivity index (χ0n) is 7.10. The number of hydrogen-bond acceptors (Lipinski definition) is 1. The van der Waals surface area contributed by atoms with Gasteiger partial charge in [0, 0.05) is 6.04 Å². The highest BCUT2D eigenvalue weighted by Gasteiger charge is 2.20. The summed E-state index contributed by atoms with van der Waals surface area (Å²) in [7, 11) is 1.92. The van der Waals surface area contributed by atoms with Crippen LogP contribution in [0.3, 0.4) is 0 Å². The topological polar surface area (TPSA) is 12.0 Å². The molecular weight excluding hydrogens is 153 g/mol. The van der Waals surface area contributed by atoms with E-state index in [2.05, 4.69) is 5.32 Å². The summed E-state index contributed by atoms with van der Waals surface area (Å²) < 4.78 is 12.8. The highest BCUT2D eigenvalue weighted by molar-refractivity contribution is 5.34. The summed E-state index contributed by atoms with van der Waals surface area (Å²) in [4.78, 5) is 0. The molecule has 0 fully saturated rings. The quantitative estimate of drug-likeness (QED) is 0.671. The third-order valence-corrected chi connectivity index (χ3v) is 2.53. The van der Waals surface area contributed by atoms with Gasteiger partial charge in [-0.05, 0) is 43.1 Å². The largest absolute Gasteiger partial charge is 0.313 e. The minimum Gasteiger partial charge on any atom is -0.313 e. The van der Waals surface area contributed by atoms with Gasteiger partial charge in [0.1, 0.15) is 5.82 Å². The van der Waals surface area contributed by atoms with Crippen molar-refractivity contribution < 1.29 is 4.39 Å². The van der Waals surface area contributed by atoms with Crippen LogP contribution in [-0.2, 0) is 6.42 Å². The molecule has 0 bridgehead atoms. The summed E-state index contributed by atoms with van der Waals surface area (Å²) in [6, 6.07) is 5.43. The van der Waals surface area contributed by atoms with Gasteiger partial charge >= 0.3 is 0 Å². The zero-order valence-corrected chi connectivity index (χ0v) is 7.10. The summed E-state index contributed by atoms with van der Waals surface area (Å²) >= 11 is 0. The summed E-state index contributed by atoms with van der Waals surface area (Å²) in [5, 5.41) is 3.18. The average molecular weight is 165 g/mol. The number of nitrogens with one attached hydrogen (secondary N) is 1. The number of fused-ring (bicyclic) bond motifs is 1. The first-order valence-electron chi connectivity index (χ1n) is 4.27. The van der Waals surface area contributed by atoms with Crippen LogP contribution in [0.5, 0.6) is 0 Å². The molecule has 12 heavy (non-hydrogen) atoms. The molecule has 0 aromatic heterocycles. The second kappa shape index (κ2) is 2.87. The minimum absolute atomic E-state index is 0.129. The summed E-state index contributed by atoms with van der Waals surface area (Å²) in [6.45, 7) is 0. The van der Waals surface area contributed by atoms with Gasteiger partial charge in [0.25, 0.3) is 0 Å². The fourth-order valence-corrected chi connectivity index (χ4v) is 1.87. The molecule has 0 amide bonds. The molecule has 1 N–H and O–H groups in total. The van der Waals surface area contributed by atoms with Gasteiger partial charge in [0.15, 0.2) is 0 Å². The van der Waals surface area contributed by atoms with E-state index in [1.807, 2.05) is 13.1 Å². The van der Waals surface area contributed by atoms with Crippen molar-refractivity contribution in [3.05, 3.63) is 35.1 Å². The van der Waals surface area contributed by atoms with Gasteiger partial charge in [-0.25, -0.2) is 4.39 Å². The predicted octanol–water partition coefficient (Wildman–Crippen LogP) is 2.03. The Kier molecular flexibility index (Phi) is 1.85. The van der Waals surface area contributed by atoms with E-state index in [1.165, 1.54) is 11.6 Å². The maximum absolute atomic E-state index is 12.8. The molecule has 2 heteroatoms. The van der Waals surface area contributed by atoms with E-state index in [9.17, 15) is 4.39 Å². The highest BCUT2D eigenvalue weighted by Crippen LogP contribution is 2.30. The first kappa shape index (κ1) is 7.74. The molecule has 1 nitrogen and oxygen atoms in total. The lowest BCUT2D eigenvalue weighted by Crippen LogP contribution is -2.12. The van der Waals surface area contributed by atoms with Crippen molar-refractivity contribution >= 4 is 0 Å². The monoisotopic (exact) mass is 165 g/mol. The maximum atomic E-state index is 12.8. The molecule has 1 atom stereocenters. The normalized spacial score (nSPS) is 21.0. The molecule has 64 valence electrons. The van der Waals surface area contributed by atoms with Gasteiger partial charge in [0.05, 0.1) is 0 Å². The van der Waals surface area contributed by atoms with E-state index in [4.69, 9.17) is 0 Å². The smallest absolute Gasteiger partial charge is 0.123 e. The van der Waals surface area contributed by atoms with Crippen LogP contribution in [0.4, 0.5) is 4.39 Å². The molecule has 1 aromatic rings. The Morgan fingerprint density at radius 2 is 2.33 bits per heavy atom. The summed E-state index contributed by atoms with van der Waals surface area (Å²) in [5.74, 6) is -0.129. The van der Waals surface area contributed by atoms with Crippen molar-refractivity contribution in [3.63, 3.8) is 0 Å². The SMILES string of the molecule is CN[C@@H]1CCc2ccc(F)cc21. The van der Waals surface area contributed by atoms with Crippen molar-refractivity contribution in [1.82, 2.24) is 5.32 Å². The third kappa shape index (κ3) is 1.12. The third-order valence-electron chi connectivity index (χ3n) is 2.53. The van der Waals surface area contributed by atoms with Crippen LogP contribution in [-0.4, -0.2) is 7.05 Å². The van der Waals surface area contributed by atoms with Crippen LogP contribution in [0.25, 0.3) is 0 Å². The predicted molar refractivity (Wildman–Crippen MR) is 46.5 cm³/mol. The molecule has 0 saturated heterocycles. The Morgan fingerprint density at radius 3 is 3.08 bits per heavy atom. The van der Waals surface area contributed by atoms with Crippen molar-refractivity contribution in [2.75, 3.05) is 7.05 Å². The molecule has 0 heterocycles. The van der Waals surface area contributed by atoms with E-state index < -0.39 is 0 Å². The second-order valence-electron chi connectivity index (χ2n) is 3.22.